The van der Waals surface area contributed by atoms with Gasteiger partial charge in [0.25, 0.3) is 5.89 Å². The van der Waals surface area contributed by atoms with Gasteiger partial charge in [0.1, 0.15) is 18.1 Å². The summed E-state index contributed by atoms with van der Waals surface area (Å²) in [4.78, 5) is 18.0. The van der Waals surface area contributed by atoms with Gasteiger partial charge in [-0.05, 0) is 23.8 Å². The summed E-state index contributed by atoms with van der Waals surface area (Å²) in [6.07, 6.45) is -3.05. The predicted molar refractivity (Wildman–Crippen MR) is 120 cm³/mol. The van der Waals surface area contributed by atoms with E-state index in [-0.39, 0.29) is 35.8 Å². The molecule has 0 saturated heterocycles. The standard InChI is InChI=1S/C21H21F3N8O2/c1-13(32(2)15-6-4-3-5-7-15)28-20(26)29-17(25)18-30-19(34-31-18)16-9-8-14(10-27-16)11-33-12-21(22,23)24/h3-10H,1,11-12H2,2H3,(H4,25,26,28,29). The summed E-state index contributed by atoms with van der Waals surface area (Å²) in [5, 5.41) is 3.73. The lowest BCUT2D eigenvalue weighted by molar-refractivity contribution is -0.176. The van der Waals surface area contributed by atoms with Gasteiger partial charge in [0.05, 0.1) is 6.61 Å². The molecule has 0 spiro atoms. The van der Waals surface area contributed by atoms with E-state index < -0.39 is 12.8 Å². The molecule has 3 rings (SSSR count). The van der Waals surface area contributed by atoms with E-state index in [1.807, 2.05) is 30.3 Å². The van der Waals surface area contributed by atoms with Crippen LogP contribution in [-0.2, 0) is 11.3 Å². The Balaban J connectivity index is 1.64. The Bertz CT molecular complexity index is 1170. The lowest BCUT2D eigenvalue weighted by Gasteiger charge is -2.18. The molecule has 178 valence electrons. The average molecular weight is 474 g/mol. The minimum Gasteiger partial charge on any atom is -0.380 e. The van der Waals surface area contributed by atoms with Crippen LogP contribution in [0.3, 0.4) is 0 Å². The summed E-state index contributed by atoms with van der Waals surface area (Å²) in [6.45, 7) is 2.27. The third-order valence-corrected chi connectivity index (χ3v) is 4.24. The second-order valence-electron chi connectivity index (χ2n) is 6.86. The van der Waals surface area contributed by atoms with Crippen LogP contribution in [-0.4, -0.2) is 46.8 Å². The van der Waals surface area contributed by atoms with Crippen molar-refractivity contribution < 1.29 is 22.4 Å². The quantitative estimate of drug-likeness (QED) is 0.375. The van der Waals surface area contributed by atoms with E-state index in [4.69, 9.17) is 16.0 Å². The highest BCUT2D eigenvalue weighted by Crippen LogP contribution is 2.18. The van der Waals surface area contributed by atoms with Crippen molar-refractivity contribution in [1.29, 1.82) is 0 Å². The number of benzene rings is 1. The highest BCUT2D eigenvalue weighted by Gasteiger charge is 2.27. The first-order valence-electron chi connectivity index (χ1n) is 9.72. The molecule has 0 saturated carbocycles. The van der Waals surface area contributed by atoms with Gasteiger partial charge in [-0.15, -0.1) is 0 Å². The number of guanidine groups is 1. The van der Waals surface area contributed by atoms with Crippen LogP contribution in [0.1, 0.15) is 11.4 Å². The number of para-hydroxylation sites is 1. The number of halogens is 3. The monoisotopic (exact) mass is 474 g/mol. The molecule has 0 unspecified atom stereocenters. The van der Waals surface area contributed by atoms with Crippen LogP contribution >= 0.6 is 0 Å². The molecule has 34 heavy (non-hydrogen) atoms. The third-order valence-electron chi connectivity index (χ3n) is 4.24. The van der Waals surface area contributed by atoms with Gasteiger partial charge in [-0.2, -0.15) is 28.1 Å². The topological polar surface area (TPSA) is 141 Å². The van der Waals surface area contributed by atoms with Crippen molar-refractivity contribution in [3.63, 3.8) is 0 Å². The van der Waals surface area contributed by atoms with E-state index in [0.29, 0.717) is 11.4 Å². The zero-order valence-corrected chi connectivity index (χ0v) is 18.0. The summed E-state index contributed by atoms with van der Waals surface area (Å²) in [5.74, 6) is -0.00620. The number of hydrogen-bond acceptors (Lipinski definition) is 7. The minimum atomic E-state index is -4.39. The smallest absolute Gasteiger partial charge is 0.380 e. The van der Waals surface area contributed by atoms with Crippen LogP contribution in [0, 0.1) is 0 Å². The van der Waals surface area contributed by atoms with Crippen LogP contribution in [0.4, 0.5) is 18.9 Å². The lowest BCUT2D eigenvalue weighted by atomic mass is 10.2. The fourth-order valence-electron chi connectivity index (χ4n) is 2.56. The maximum absolute atomic E-state index is 12.1. The molecule has 0 atom stereocenters. The van der Waals surface area contributed by atoms with Crippen molar-refractivity contribution in [1.82, 2.24) is 15.1 Å². The Kier molecular flexibility index (Phi) is 7.58. The molecular formula is C21H21F3N8O2. The number of alkyl halides is 3. The van der Waals surface area contributed by atoms with Gasteiger partial charge in [0.15, 0.2) is 5.84 Å². The van der Waals surface area contributed by atoms with Gasteiger partial charge in [0.2, 0.25) is 11.8 Å². The fourth-order valence-corrected chi connectivity index (χ4v) is 2.56. The van der Waals surface area contributed by atoms with Crippen LogP contribution in [0.25, 0.3) is 11.6 Å². The van der Waals surface area contributed by atoms with Crippen molar-refractivity contribution in [3.8, 4) is 11.6 Å². The van der Waals surface area contributed by atoms with Gasteiger partial charge < -0.3 is 25.6 Å². The van der Waals surface area contributed by atoms with Gasteiger partial charge in [-0.1, -0.05) is 36.0 Å². The molecule has 1 aromatic carbocycles. The predicted octanol–water partition coefficient (Wildman–Crippen LogP) is 2.84. The first-order valence-corrected chi connectivity index (χ1v) is 9.72. The molecule has 3 aromatic rings. The van der Waals surface area contributed by atoms with Crippen molar-refractivity contribution in [2.75, 3.05) is 18.6 Å². The Morgan fingerprint density at radius 1 is 1.15 bits per heavy atom. The molecule has 2 aromatic heterocycles. The maximum atomic E-state index is 12.1. The normalized spacial score (nSPS) is 12.6. The molecule has 0 fully saturated rings. The van der Waals surface area contributed by atoms with Crippen molar-refractivity contribution in [2.24, 2.45) is 21.5 Å². The Hall–Kier alpha value is -4.26. The SMILES string of the molecule is C=C(/N=C(N)\N=C(/N)c1noc(-c2ccc(COCC(F)(F)F)cn2)n1)N(C)c1ccccc1. The first-order chi connectivity index (χ1) is 16.1. The van der Waals surface area contributed by atoms with Gasteiger partial charge >= 0.3 is 6.18 Å². The van der Waals surface area contributed by atoms with Crippen LogP contribution in [0.5, 0.6) is 0 Å². The zero-order chi connectivity index (χ0) is 24.7. The Labute approximate surface area is 192 Å². The second kappa shape index (κ2) is 10.6. The Morgan fingerprint density at radius 3 is 2.53 bits per heavy atom. The molecule has 0 bridgehead atoms. The van der Waals surface area contributed by atoms with E-state index in [9.17, 15) is 13.2 Å². The van der Waals surface area contributed by atoms with E-state index in [1.54, 1.807) is 11.9 Å². The number of anilines is 1. The molecule has 0 aliphatic heterocycles. The van der Waals surface area contributed by atoms with Crippen molar-refractivity contribution in [2.45, 2.75) is 12.8 Å². The van der Waals surface area contributed by atoms with E-state index in [0.717, 1.165) is 5.69 Å². The molecule has 0 aliphatic carbocycles. The second-order valence-corrected chi connectivity index (χ2v) is 6.86. The first kappa shape index (κ1) is 24.4. The molecule has 13 heteroatoms. The van der Waals surface area contributed by atoms with Crippen LogP contribution in [0.2, 0.25) is 0 Å². The molecule has 2 heterocycles. The molecule has 0 amide bonds. The number of nitrogens with two attached hydrogens (primary N) is 2. The van der Waals surface area contributed by atoms with Gasteiger partial charge in [-0.3, -0.25) is 4.98 Å². The van der Waals surface area contributed by atoms with E-state index in [2.05, 4.69) is 36.4 Å². The zero-order valence-electron chi connectivity index (χ0n) is 18.0. The highest BCUT2D eigenvalue weighted by atomic mass is 19.4. The minimum absolute atomic E-state index is 0.0274. The third kappa shape index (κ3) is 6.87. The van der Waals surface area contributed by atoms with Gasteiger partial charge in [-0.25, -0.2) is 0 Å². The molecule has 0 radical (unpaired) electrons. The number of aliphatic imine (C=N–C) groups is 2. The maximum Gasteiger partial charge on any atom is 0.411 e. The summed E-state index contributed by atoms with van der Waals surface area (Å²) in [7, 11) is 1.77. The number of amidine groups is 1. The average Bonchev–Trinajstić information content (AvgIpc) is 3.29. The number of rotatable bonds is 8. The summed E-state index contributed by atoms with van der Waals surface area (Å²) in [6, 6.07) is 12.4. The molecule has 4 N–H and O–H groups in total. The summed E-state index contributed by atoms with van der Waals surface area (Å²) >= 11 is 0. The number of nitrogens with zero attached hydrogens (tertiary/aromatic N) is 6. The highest BCUT2D eigenvalue weighted by molar-refractivity contribution is 6.02. The van der Waals surface area contributed by atoms with Crippen LogP contribution in [0.15, 0.2) is 75.6 Å². The number of aromatic nitrogens is 3. The van der Waals surface area contributed by atoms with Gasteiger partial charge in [0, 0.05) is 18.9 Å². The number of hydrogen-bond donors (Lipinski definition) is 2. The fraction of sp³-hybridized carbons (Fsp3) is 0.190. The largest absolute Gasteiger partial charge is 0.411 e. The van der Waals surface area contributed by atoms with Crippen molar-refractivity contribution >= 4 is 17.5 Å². The molecule has 0 aliphatic rings. The van der Waals surface area contributed by atoms with E-state index >= 15 is 0 Å². The van der Waals surface area contributed by atoms with E-state index in [1.165, 1.54) is 18.3 Å². The van der Waals surface area contributed by atoms with Crippen molar-refractivity contribution in [3.05, 3.63) is 72.4 Å². The molecular weight excluding hydrogens is 453 g/mol. The Morgan fingerprint density at radius 2 is 1.88 bits per heavy atom. The number of pyridine rings is 1. The summed E-state index contributed by atoms with van der Waals surface area (Å²) in [5.41, 5.74) is 13.3. The molecule has 10 nitrogen and oxygen atoms in total. The van der Waals surface area contributed by atoms with Crippen LogP contribution < -0.4 is 16.4 Å². The lowest BCUT2D eigenvalue weighted by Crippen LogP contribution is -2.22. The number of ether oxygens (including phenoxy) is 1. The summed E-state index contributed by atoms with van der Waals surface area (Å²) < 4.78 is 46.2.